The van der Waals surface area contributed by atoms with Crippen LogP contribution < -0.4 is 5.32 Å². The number of nitrogens with zero attached hydrogens (tertiary/aromatic N) is 1. The summed E-state index contributed by atoms with van der Waals surface area (Å²) in [6, 6.07) is 18.3. The Bertz CT molecular complexity index is 760. The van der Waals surface area contributed by atoms with Crippen molar-refractivity contribution < 1.29 is 4.79 Å². The minimum atomic E-state index is -0.287. The number of hydrogen-bond acceptors (Lipinski definition) is 2. The van der Waals surface area contributed by atoms with E-state index in [1.165, 1.54) is 11.1 Å². The van der Waals surface area contributed by atoms with E-state index in [-0.39, 0.29) is 23.7 Å². The molecule has 138 valence electrons. The Morgan fingerprint density at radius 2 is 1.81 bits per heavy atom. The maximum atomic E-state index is 13.4. The molecule has 1 unspecified atom stereocenters. The number of hydrogen-bond donors (Lipinski definition) is 1. The van der Waals surface area contributed by atoms with Crippen LogP contribution in [0.4, 0.5) is 0 Å². The molecule has 0 aliphatic carbocycles. The predicted octanol–water partition coefficient (Wildman–Crippen LogP) is 4.26. The maximum Gasteiger partial charge on any atom is 0.229 e. The number of likely N-dealkylation sites (tertiary alicyclic amines) is 1. The van der Waals surface area contributed by atoms with E-state index in [1.54, 1.807) is 0 Å². The van der Waals surface area contributed by atoms with Gasteiger partial charge in [-0.05, 0) is 49.2 Å². The number of carbonyl (C=O) groups excluding carboxylic acids is 1. The highest BCUT2D eigenvalue weighted by molar-refractivity contribution is 6.30. The lowest BCUT2D eigenvalue weighted by Gasteiger charge is -2.37. The third kappa shape index (κ3) is 3.48. The molecule has 1 spiro atoms. The normalized spacial score (nSPS) is 21.7. The van der Waals surface area contributed by atoms with Gasteiger partial charge in [-0.25, -0.2) is 0 Å². The number of benzene rings is 2. The molecule has 1 amide bonds. The molecule has 0 saturated carbocycles. The number of piperidine rings is 1. The molecule has 2 aliphatic rings. The quantitative estimate of drug-likeness (QED) is 0.848. The summed E-state index contributed by atoms with van der Waals surface area (Å²) in [6.45, 7) is 3.27. The number of rotatable bonds is 3. The zero-order valence-electron chi connectivity index (χ0n) is 14.7. The molecule has 2 aliphatic heterocycles. The number of carbonyl (C=O) groups is 1. The molecule has 5 heteroatoms. The summed E-state index contributed by atoms with van der Waals surface area (Å²) in [7, 11) is 0. The van der Waals surface area contributed by atoms with Crippen LogP contribution in [0, 0.1) is 5.41 Å². The smallest absolute Gasteiger partial charge is 0.229 e. The monoisotopic (exact) mass is 390 g/mol. The van der Waals surface area contributed by atoms with Gasteiger partial charge in [0.05, 0.1) is 5.41 Å². The number of halogens is 2. The SMILES string of the molecule is Cl.O=C1N(Cc2ccccc2)CC(c2cccc(Cl)c2)C12CCNCC2. The first-order valence-electron chi connectivity index (χ1n) is 8.98. The highest BCUT2D eigenvalue weighted by Crippen LogP contribution is 2.50. The van der Waals surface area contributed by atoms with Crippen molar-refractivity contribution in [3.8, 4) is 0 Å². The van der Waals surface area contributed by atoms with Crippen molar-refractivity contribution in [3.05, 3.63) is 70.7 Å². The lowest BCUT2D eigenvalue weighted by Crippen LogP contribution is -2.44. The third-order valence-electron chi connectivity index (χ3n) is 5.75. The van der Waals surface area contributed by atoms with Crippen LogP contribution in [0.15, 0.2) is 54.6 Å². The average molecular weight is 391 g/mol. The molecule has 4 rings (SSSR count). The predicted molar refractivity (Wildman–Crippen MR) is 108 cm³/mol. The van der Waals surface area contributed by atoms with Gasteiger partial charge < -0.3 is 10.2 Å². The Labute approximate surface area is 166 Å². The molecule has 3 nitrogen and oxygen atoms in total. The lowest BCUT2D eigenvalue weighted by molar-refractivity contribution is -0.138. The van der Waals surface area contributed by atoms with E-state index < -0.39 is 0 Å². The van der Waals surface area contributed by atoms with E-state index in [2.05, 4.69) is 23.5 Å². The molecular formula is C21H24Cl2N2O. The molecule has 0 bridgehead atoms. The Hall–Kier alpha value is -1.55. The number of amides is 1. The van der Waals surface area contributed by atoms with Crippen molar-refractivity contribution in [2.75, 3.05) is 19.6 Å². The van der Waals surface area contributed by atoms with Crippen LogP contribution in [0.3, 0.4) is 0 Å². The van der Waals surface area contributed by atoms with E-state index in [0.717, 1.165) is 37.5 Å². The van der Waals surface area contributed by atoms with Crippen LogP contribution in [-0.2, 0) is 11.3 Å². The van der Waals surface area contributed by atoms with Gasteiger partial charge in [0.15, 0.2) is 0 Å². The highest BCUT2D eigenvalue weighted by Gasteiger charge is 2.54. The lowest BCUT2D eigenvalue weighted by atomic mass is 9.68. The molecule has 0 aromatic heterocycles. The van der Waals surface area contributed by atoms with Crippen molar-refractivity contribution in [1.82, 2.24) is 10.2 Å². The van der Waals surface area contributed by atoms with Crippen LogP contribution in [0.2, 0.25) is 5.02 Å². The van der Waals surface area contributed by atoms with Crippen molar-refractivity contribution in [3.63, 3.8) is 0 Å². The zero-order valence-corrected chi connectivity index (χ0v) is 16.2. The van der Waals surface area contributed by atoms with Gasteiger partial charge in [-0.3, -0.25) is 4.79 Å². The third-order valence-corrected chi connectivity index (χ3v) is 5.98. The fourth-order valence-corrected chi connectivity index (χ4v) is 4.66. The van der Waals surface area contributed by atoms with Gasteiger partial charge in [-0.2, -0.15) is 0 Å². The van der Waals surface area contributed by atoms with Gasteiger partial charge in [0.2, 0.25) is 5.91 Å². The standard InChI is InChI=1S/C21H23ClN2O.ClH/c22-18-8-4-7-17(13-18)19-15-24(14-16-5-2-1-3-6-16)20(25)21(19)9-11-23-12-10-21;/h1-8,13,19,23H,9-12,14-15H2;1H. The Morgan fingerprint density at radius 1 is 1.08 bits per heavy atom. The summed E-state index contributed by atoms with van der Waals surface area (Å²) in [5.74, 6) is 0.521. The van der Waals surface area contributed by atoms with Crippen molar-refractivity contribution in [2.45, 2.75) is 25.3 Å². The summed E-state index contributed by atoms with van der Waals surface area (Å²) in [4.78, 5) is 15.5. The van der Waals surface area contributed by atoms with E-state index in [0.29, 0.717) is 12.5 Å². The fraction of sp³-hybridized carbons (Fsp3) is 0.381. The topological polar surface area (TPSA) is 32.3 Å². The van der Waals surface area contributed by atoms with Crippen molar-refractivity contribution in [2.24, 2.45) is 5.41 Å². The first kappa shape index (κ1) is 19.2. The molecule has 2 aromatic rings. The van der Waals surface area contributed by atoms with E-state index in [4.69, 9.17) is 11.6 Å². The van der Waals surface area contributed by atoms with Crippen LogP contribution in [0.1, 0.15) is 29.9 Å². The van der Waals surface area contributed by atoms with Gasteiger partial charge in [0.25, 0.3) is 0 Å². The van der Waals surface area contributed by atoms with Gasteiger partial charge in [-0.1, -0.05) is 54.1 Å². The molecule has 26 heavy (non-hydrogen) atoms. The fourth-order valence-electron chi connectivity index (χ4n) is 4.47. The summed E-state index contributed by atoms with van der Waals surface area (Å²) in [5.41, 5.74) is 2.09. The molecule has 2 saturated heterocycles. The average Bonchev–Trinajstić information content (AvgIpc) is 2.89. The van der Waals surface area contributed by atoms with E-state index in [9.17, 15) is 4.79 Å². The summed E-state index contributed by atoms with van der Waals surface area (Å²) >= 11 is 6.24. The van der Waals surface area contributed by atoms with Crippen LogP contribution in [-0.4, -0.2) is 30.4 Å². The largest absolute Gasteiger partial charge is 0.337 e. The summed E-state index contributed by atoms with van der Waals surface area (Å²) < 4.78 is 0. The second-order valence-electron chi connectivity index (χ2n) is 7.19. The Kier molecular flexibility index (Phi) is 5.91. The Balaban J connectivity index is 0.00000196. The highest BCUT2D eigenvalue weighted by atomic mass is 35.5. The van der Waals surface area contributed by atoms with Gasteiger partial charge in [0, 0.05) is 24.0 Å². The van der Waals surface area contributed by atoms with Crippen LogP contribution in [0.5, 0.6) is 0 Å². The Morgan fingerprint density at radius 3 is 2.50 bits per heavy atom. The summed E-state index contributed by atoms with van der Waals surface area (Å²) in [6.07, 6.45) is 1.79. The van der Waals surface area contributed by atoms with E-state index in [1.807, 2.05) is 41.3 Å². The molecule has 2 heterocycles. The van der Waals surface area contributed by atoms with Gasteiger partial charge >= 0.3 is 0 Å². The van der Waals surface area contributed by atoms with Gasteiger partial charge in [0.1, 0.15) is 0 Å². The molecule has 1 N–H and O–H groups in total. The summed E-state index contributed by atoms with van der Waals surface area (Å²) in [5, 5.41) is 4.15. The molecule has 2 fully saturated rings. The second-order valence-corrected chi connectivity index (χ2v) is 7.62. The van der Waals surface area contributed by atoms with Crippen molar-refractivity contribution in [1.29, 1.82) is 0 Å². The zero-order chi connectivity index (χ0) is 17.3. The maximum absolute atomic E-state index is 13.4. The molecular weight excluding hydrogens is 367 g/mol. The first-order valence-corrected chi connectivity index (χ1v) is 9.36. The minimum absolute atomic E-state index is 0. The van der Waals surface area contributed by atoms with Crippen LogP contribution >= 0.6 is 24.0 Å². The molecule has 0 radical (unpaired) electrons. The number of nitrogens with one attached hydrogen (secondary N) is 1. The molecule has 2 aromatic carbocycles. The van der Waals surface area contributed by atoms with Gasteiger partial charge in [-0.15, -0.1) is 12.4 Å². The van der Waals surface area contributed by atoms with Crippen molar-refractivity contribution >= 4 is 29.9 Å². The van der Waals surface area contributed by atoms with Crippen LogP contribution in [0.25, 0.3) is 0 Å². The minimum Gasteiger partial charge on any atom is -0.337 e. The molecule has 1 atom stereocenters. The van der Waals surface area contributed by atoms with E-state index >= 15 is 0 Å². The first-order chi connectivity index (χ1) is 12.2. The second kappa shape index (κ2) is 7.99.